The van der Waals surface area contributed by atoms with Gasteiger partial charge in [0.2, 0.25) is 82.7 Å². The van der Waals surface area contributed by atoms with E-state index in [4.69, 9.17) is 10.8 Å². The average Bonchev–Trinajstić information content (AvgIpc) is 0.856. The number of unbranched alkanes of at least 4 members (excludes halogenated alkanes) is 1. The third kappa shape index (κ3) is 38.7. The molecule has 40 nitrogen and oxygen atoms in total. The Morgan fingerprint density at radius 3 is 1.38 bits per heavy atom. The maximum absolute atomic E-state index is 14.4. The lowest BCUT2D eigenvalue weighted by Crippen LogP contribution is -2.61. The SMILES string of the molecule is CC[C@H](C)[C@H](NC(=O)[C@@H](NC(=O)[C@H](C)NC(=O)[C@H](CCCCNC(=O)COCC(F)(F)F)NC(=O)[C@H](CC(=O)O)NC(C)=O)[C@@H](C)O)C(=O)NCC(=O)N[C@@H](Cc1ccccc1)C(=O)N[C@@H](CCC(=O)O)C(=O)N[C@H](C(=O)N[C@@H](CCC(N)=O)C(=O)N[C@@H](CCC(=O)O)C(=O)N[C@@H](CCC(=O)O)C(=O)O)C(C)C. The van der Waals surface area contributed by atoms with Gasteiger partial charge in [0, 0.05) is 45.6 Å². The first-order chi connectivity index (χ1) is 50.3. The minimum absolute atomic E-state index is 0.0187. The molecule has 0 saturated heterocycles. The van der Waals surface area contributed by atoms with E-state index in [1.54, 1.807) is 37.3 Å². The molecule has 0 heterocycles. The molecule has 0 aliphatic rings. The van der Waals surface area contributed by atoms with Crippen molar-refractivity contribution in [3.63, 3.8) is 0 Å². The lowest BCUT2D eigenvalue weighted by Gasteiger charge is -2.29. The zero-order chi connectivity index (χ0) is 82.3. The number of primary amides is 1. The van der Waals surface area contributed by atoms with Gasteiger partial charge in [-0.3, -0.25) is 86.3 Å². The van der Waals surface area contributed by atoms with E-state index in [-0.39, 0.29) is 38.6 Å². The quantitative estimate of drug-likeness (QED) is 0.0272. The number of ether oxygens (including phenoxy) is 1. The summed E-state index contributed by atoms with van der Waals surface area (Å²) in [6.07, 6.45) is -13.3. The van der Waals surface area contributed by atoms with E-state index < -0.39 is 281 Å². The largest absolute Gasteiger partial charge is 0.481 e. The molecule has 1 rings (SSSR count). The molecule has 0 bridgehead atoms. The zero-order valence-corrected chi connectivity index (χ0v) is 60.3. The van der Waals surface area contributed by atoms with E-state index in [0.29, 0.717) is 5.56 Å². The van der Waals surface area contributed by atoms with E-state index >= 15 is 0 Å². The van der Waals surface area contributed by atoms with E-state index in [1.807, 2.05) is 5.32 Å². The summed E-state index contributed by atoms with van der Waals surface area (Å²) in [6, 6.07) is -11.1. The Bertz CT molecular complexity index is 3310. The van der Waals surface area contributed by atoms with Crippen molar-refractivity contribution in [1.82, 2.24) is 69.1 Å². The molecule has 0 aromatic heterocycles. The van der Waals surface area contributed by atoms with Crippen LogP contribution in [0.1, 0.15) is 138 Å². The summed E-state index contributed by atoms with van der Waals surface area (Å²) in [5.74, 6) is -24.7. The summed E-state index contributed by atoms with van der Waals surface area (Å²) in [7, 11) is 0. The summed E-state index contributed by atoms with van der Waals surface area (Å²) in [5.41, 5.74) is 5.73. The van der Waals surface area contributed by atoms with Gasteiger partial charge < -0.3 is 110 Å². The van der Waals surface area contributed by atoms with Crippen molar-refractivity contribution < 1.29 is 140 Å². The molecule has 0 unspecified atom stereocenters. The van der Waals surface area contributed by atoms with E-state index in [1.165, 1.54) is 20.8 Å². The Labute approximate surface area is 616 Å². The van der Waals surface area contributed by atoms with Crippen molar-refractivity contribution in [3.8, 4) is 0 Å². The molecular weight excluding hydrogens is 1450 g/mol. The Morgan fingerprint density at radius 2 is 0.907 bits per heavy atom. The molecule has 1 aromatic rings. The van der Waals surface area contributed by atoms with Crippen LogP contribution in [0, 0.1) is 11.8 Å². The molecule has 604 valence electrons. The van der Waals surface area contributed by atoms with Crippen LogP contribution in [-0.2, 0) is 102 Å². The number of aliphatic carboxylic acids is 5. The number of hydrogen-bond donors (Lipinski definition) is 20. The number of carboxylic acid groups (broad SMARTS) is 5. The van der Waals surface area contributed by atoms with Crippen LogP contribution in [-0.4, -0.2) is 248 Å². The van der Waals surface area contributed by atoms with E-state index in [2.05, 4.69) is 68.5 Å². The molecule has 0 fully saturated rings. The lowest BCUT2D eigenvalue weighted by atomic mass is 9.97. The van der Waals surface area contributed by atoms with Crippen LogP contribution in [0.25, 0.3) is 0 Å². The van der Waals surface area contributed by atoms with Crippen molar-refractivity contribution >= 4 is 113 Å². The lowest BCUT2D eigenvalue weighted by molar-refractivity contribution is -0.175. The molecule has 0 aliphatic heterocycles. The molecule has 1 aromatic carbocycles. The molecule has 14 amide bonds. The van der Waals surface area contributed by atoms with E-state index in [9.17, 15) is 130 Å². The fourth-order valence-electron chi connectivity index (χ4n) is 9.79. The first-order valence-corrected chi connectivity index (χ1v) is 33.9. The highest BCUT2D eigenvalue weighted by Crippen LogP contribution is 2.16. The highest BCUT2D eigenvalue weighted by atomic mass is 19.4. The topological polar surface area (TPSA) is 637 Å². The zero-order valence-electron chi connectivity index (χ0n) is 60.3. The van der Waals surface area contributed by atoms with Crippen molar-refractivity contribution in [2.45, 2.75) is 217 Å². The number of hydrogen-bond acceptors (Lipinski definition) is 21. The first-order valence-electron chi connectivity index (χ1n) is 33.9. The number of amides is 14. The van der Waals surface area contributed by atoms with Gasteiger partial charge in [0.15, 0.2) is 0 Å². The maximum atomic E-state index is 14.4. The van der Waals surface area contributed by atoms with Gasteiger partial charge in [-0.15, -0.1) is 0 Å². The monoisotopic (exact) mass is 1550 g/mol. The number of carboxylic acids is 5. The van der Waals surface area contributed by atoms with Crippen LogP contribution in [0.15, 0.2) is 30.3 Å². The van der Waals surface area contributed by atoms with Gasteiger partial charge in [-0.1, -0.05) is 64.4 Å². The molecule has 0 saturated carbocycles. The Balaban J connectivity index is 3.49. The van der Waals surface area contributed by atoms with Gasteiger partial charge in [-0.25, -0.2) is 4.79 Å². The average molecular weight is 1550 g/mol. The fraction of sp³-hybridized carbons (Fsp3) is 0.615. The van der Waals surface area contributed by atoms with Crippen LogP contribution in [0.4, 0.5) is 13.2 Å². The van der Waals surface area contributed by atoms with Gasteiger partial charge in [0.05, 0.1) is 19.1 Å². The van der Waals surface area contributed by atoms with E-state index in [0.717, 1.165) is 20.8 Å². The number of aliphatic hydroxyl groups excluding tert-OH is 1. The van der Waals surface area contributed by atoms with Crippen molar-refractivity contribution in [2.75, 3.05) is 26.3 Å². The number of carbonyl (C=O) groups is 19. The predicted molar refractivity (Wildman–Crippen MR) is 364 cm³/mol. The molecule has 0 spiro atoms. The number of halogens is 3. The normalized spacial score (nSPS) is 14.7. The molecule has 43 heteroatoms. The third-order valence-electron chi connectivity index (χ3n) is 15.8. The standard InChI is InChI=1S/C65H97F3N14O26/c1-8-32(4)52(81-63(105)53(34(6)83)82-54(96)33(5)72-55(97)37(75-60(102)43(27-50(94)95)73-35(7)84)16-12-13-25-70-46(87)29-108-30-65(66,67)68)61(103)71-28-45(86)74-42(26-36-14-10-9-11-15-36)59(101)77-40(19-23-48(90)91)58(100)80-51(31(2)3)62(104)78-38(17-21-44(69)85)56(98)76-39(18-22-47(88)89)57(99)79-41(64(106)107)20-24-49(92)93/h9-11,14-15,31-34,37-43,51-53,83H,8,12-13,16-30H2,1-7H3,(H2,69,85)(H,70,87)(H,71,103)(H,72,97)(H,73,84)(H,74,86)(H,75,102)(H,76,98)(H,77,101)(H,78,104)(H,79,99)(H,80,100)(H,81,105)(H,82,96)(H,88,89)(H,90,91)(H,92,93)(H,94,95)(H,106,107)/t32-,33-,34+,37-,38-,39-,40-,41-,42-,43-,51-,52-,53-/m0/s1. The van der Waals surface area contributed by atoms with Gasteiger partial charge >= 0.3 is 36.0 Å². The molecule has 0 aliphatic carbocycles. The summed E-state index contributed by atoms with van der Waals surface area (Å²) < 4.78 is 41.6. The van der Waals surface area contributed by atoms with Crippen LogP contribution in [0.5, 0.6) is 0 Å². The summed E-state index contributed by atoms with van der Waals surface area (Å²) in [5, 5.41) is 87.6. The second kappa shape index (κ2) is 48.1. The fourth-order valence-corrected chi connectivity index (χ4v) is 9.79. The number of benzene rings is 1. The molecule has 13 atom stereocenters. The molecule has 21 N–H and O–H groups in total. The Morgan fingerprint density at radius 1 is 0.463 bits per heavy atom. The van der Waals surface area contributed by atoms with Crippen molar-refractivity contribution in [1.29, 1.82) is 0 Å². The second-order valence-corrected chi connectivity index (χ2v) is 25.3. The van der Waals surface area contributed by atoms with Gasteiger partial charge in [0.25, 0.3) is 0 Å². The highest BCUT2D eigenvalue weighted by molar-refractivity contribution is 6.00. The third-order valence-corrected chi connectivity index (χ3v) is 15.8. The summed E-state index contributed by atoms with van der Waals surface area (Å²) in [6.45, 7) is 5.37. The van der Waals surface area contributed by atoms with Gasteiger partial charge in [-0.05, 0) is 76.2 Å². The number of carbonyl (C=O) groups excluding carboxylic acids is 14. The minimum atomic E-state index is -4.70. The molecule has 108 heavy (non-hydrogen) atoms. The highest BCUT2D eigenvalue weighted by Gasteiger charge is 2.38. The number of alkyl halides is 3. The van der Waals surface area contributed by atoms with Crippen molar-refractivity contribution in [3.05, 3.63) is 35.9 Å². The van der Waals surface area contributed by atoms with Crippen LogP contribution >= 0.6 is 0 Å². The number of nitrogens with two attached hydrogens (primary N) is 1. The number of rotatable bonds is 52. The van der Waals surface area contributed by atoms with Crippen LogP contribution in [0.2, 0.25) is 0 Å². The maximum Gasteiger partial charge on any atom is 0.411 e. The molecule has 0 radical (unpaired) electrons. The van der Waals surface area contributed by atoms with Crippen molar-refractivity contribution in [2.24, 2.45) is 17.6 Å². The predicted octanol–water partition coefficient (Wildman–Crippen LogP) is -4.91. The Kier molecular flexibility index (Phi) is 42.3. The number of nitrogens with one attached hydrogen (secondary N) is 13. The summed E-state index contributed by atoms with van der Waals surface area (Å²) >= 11 is 0. The number of aliphatic hydroxyl groups is 1. The summed E-state index contributed by atoms with van der Waals surface area (Å²) in [4.78, 5) is 246. The smallest absolute Gasteiger partial charge is 0.411 e. The first kappa shape index (κ1) is 94.9. The minimum Gasteiger partial charge on any atom is -0.481 e. The Hall–Kier alpha value is -11.1. The van der Waals surface area contributed by atoms with Crippen LogP contribution in [0.3, 0.4) is 0 Å². The van der Waals surface area contributed by atoms with Gasteiger partial charge in [-0.2, -0.15) is 13.2 Å². The molecular formula is C65H97F3N14O26. The van der Waals surface area contributed by atoms with Crippen LogP contribution < -0.4 is 74.9 Å². The van der Waals surface area contributed by atoms with Gasteiger partial charge in [0.1, 0.15) is 79.7 Å². The second-order valence-electron chi connectivity index (χ2n) is 25.3.